The van der Waals surface area contributed by atoms with Gasteiger partial charge in [0, 0.05) is 22.1 Å². The zero-order valence-corrected chi connectivity index (χ0v) is 33.7. The minimum absolute atomic E-state index is 0.0708. The minimum Gasteiger partial charge on any atom is -0.309 e. The first-order valence-corrected chi connectivity index (χ1v) is 21.0. The smallest absolute Gasteiger partial charge is 0.0540 e. The van der Waals surface area contributed by atoms with Gasteiger partial charge in [0.25, 0.3) is 0 Å². The number of fused-ring (bicyclic) bond motifs is 11. The van der Waals surface area contributed by atoms with E-state index in [1.807, 2.05) is 0 Å². The lowest BCUT2D eigenvalue weighted by Crippen LogP contribution is -2.15. The molecule has 0 heterocycles. The predicted molar refractivity (Wildman–Crippen MR) is 257 cm³/mol. The summed E-state index contributed by atoms with van der Waals surface area (Å²) in [6.07, 6.45) is 0. The van der Waals surface area contributed by atoms with Crippen molar-refractivity contribution in [2.45, 2.75) is 19.3 Å². The predicted octanol–water partition coefficient (Wildman–Crippen LogP) is 16.6. The van der Waals surface area contributed by atoms with E-state index in [2.05, 4.69) is 231 Å². The first-order chi connectivity index (χ1) is 29.5. The Morgan fingerprint density at radius 2 is 0.900 bits per heavy atom. The zero-order chi connectivity index (χ0) is 40.0. The largest absolute Gasteiger partial charge is 0.309 e. The summed E-state index contributed by atoms with van der Waals surface area (Å²) in [5, 5.41) is 12.7. The monoisotopic (exact) mass is 763 g/mol. The molecular weight excluding hydrogens is 723 g/mol. The Bertz CT molecular complexity index is 3520. The first kappa shape index (κ1) is 34.6. The fourth-order valence-corrected chi connectivity index (χ4v) is 10.3. The highest BCUT2D eigenvalue weighted by molar-refractivity contribution is 6.27. The lowest BCUT2D eigenvalue weighted by atomic mass is 9.82. The van der Waals surface area contributed by atoms with Crippen molar-refractivity contribution in [2.24, 2.45) is 0 Å². The van der Waals surface area contributed by atoms with Crippen LogP contribution in [0.2, 0.25) is 0 Å². The van der Waals surface area contributed by atoms with Gasteiger partial charge in [-0.1, -0.05) is 196 Å². The van der Waals surface area contributed by atoms with Crippen molar-refractivity contribution in [1.29, 1.82) is 0 Å². The second-order valence-corrected chi connectivity index (χ2v) is 16.8. The lowest BCUT2D eigenvalue weighted by molar-refractivity contribution is 0.660. The molecule has 60 heavy (non-hydrogen) atoms. The maximum Gasteiger partial charge on any atom is 0.0540 e. The van der Waals surface area contributed by atoms with Crippen LogP contribution in [0.15, 0.2) is 212 Å². The van der Waals surface area contributed by atoms with E-state index in [0.717, 1.165) is 17.1 Å². The van der Waals surface area contributed by atoms with Crippen LogP contribution in [0.1, 0.15) is 25.0 Å². The van der Waals surface area contributed by atoms with Crippen molar-refractivity contribution in [3.8, 4) is 33.4 Å². The second-order valence-electron chi connectivity index (χ2n) is 16.8. The number of hydrogen-bond acceptors (Lipinski definition) is 1. The third kappa shape index (κ3) is 5.19. The third-order valence-electron chi connectivity index (χ3n) is 13.2. The molecule has 0 saturated carbocycles. The van der Waals surface area contributed by atoms with Gasteiger partial charge in [-0.2, -0.15) is 0 Å². The molecule has 11 aromatic rings. The third-order valence-corrected chi connectivity index (χ3v) is 13.2. The fourth-order valence-electron chi connectivity index (χ4n) is 10.3. The van der Waals surface area contributed by atoms with Crippen molar-refractivity contribution in [2.75, 3.05) is 4.90 Å². The Kier molecular flexibility index (Phi) is 7.65. The summed E-state index contributed by atoms with van der Waals surface area (Å²) in [5.41, 5.74) is 13.5. The summed E-state index contributed by atoms with van der Waals surface area (Å²) in [5.74, 6) is 0. The molecule has 0 spiro atoms. The average molecular weight is 764 g/mol. The highest BCUT2D eigenvalue weighted by atomic mass is 15.1. The van der Waals surface area contributed by atoms with E-state index in [4.69, 9.17) is 0 Å². The van der Waals surface area contributed by atoms with Crippen LogP contribution in [0.25, 0.3) is 87.2 Å². The summed E-state index contributed by atoms with van der Waals surface area (Å²) >= 11 is 0. The molecule has 0 N–H and O–H groups in total. The van der Waals surface area contributed by atoms with Crippen molar-refractivity contribution < 1.29 is 0 Å². The molecule has 12 rings (SSSR count). The Balaban J connectivity index is 1.07. The number of rotatable bonds is 5. The van der Waals surface area contributed by atoms with Gasteiger partial charge in [0.15, 0.2) is 0 Å². The second kappa shape index (κ2) is 13.3. The normalized spacial score (nSPS) is 13.0. The Labute approximate surface area is 350 Å². The van der Waals surface area contributed by atoms with Gasteiger partial charge in [-0.05, 0) is 118 Å². The number of hydrogen-bond donors (Lipinski definition) is 0. The molecule has 0 bridgehead atoms. The van der Waals surface area contributed by atoms with Crippen LogP contribution in [0, 0.1) is 0 Å². The van der Waals surface area contributed by atoms with E-state index in [1.165, 1.54) is 98.4 Å². The van der Waals surface area contributed by atoms with Gasteiger partial charge >= 0.3 is 0 Å². The summed E-state index contributed by atoms with van der Waals surface area (Å²) in [6.45, 7) is 4.71. The molecule has 0 radical (unpaired) electrons. The summed E-state index contributed by atoms with van der Waals surface area (Å²) in [6, 6.07) is 78.8. The topological polar surface area (TPSA) is 3.24 Å². The SMILES string of the molecule is CC1(C)c2ccccc2-c2cc(N(c3ccccc3-c3ccccc3)c3cccc4c(-c5ccc6c(ccc7ccc8ccc9ccccc9c8c76)c5)cccc34)ccc21. The van der Waals surface area contributed by atoms with Crippen LogP contribution < -0.4 is 4.90 Å². The van der Waals surface area contributed by atoms with Crippen LogP contribution in [-0.2, 0) is 5.41 Å². The van der Waals surface area contributed by atoms with Crippen molar-refractivity contribution in [1.82, 2.24) is 0 Å². The standard InChI is InChI=1S/C59H41N/c1-59(2)53-23-10-8-19-50(53)52-37-44(33-35-54(52)59)60(55-24-11-9-17-46(55)38-14-4-3-5-15-38)56-25-13-21-49-45(20-12-22-51(49)56)42-32-34-48-43(36-42)31-30-41-29-28-40-27-26-39-16-6-7-18-47(39)57(40)58(41)48/h3-37H,1-2H3. The van der Waals surface area contributed by atoms with Crippen molar-refractivity contribution in [3.05, 3.63) is 223 Å². The van der Waals surface area contributed by atoms with E-state index >= 15 is 0 Å². The molecule has 0 aliphatic heterocycles. The molecule has 0 saturated heterocycles. The van der Waals surface area contributed by atoms with Crippen molar-refractivity contribution >= 4 is 70.9 Å². The maximum atomic E-state index is 2.49. The molecule has 0 unspecified atom stereocenters. The first-order valence-electron chi connectivity index (χ1n) is 21.0. The Hall–Kier alpha value is -7.48. The quantitative estimate of drug-likeness (QED) is 0.158. The molecule has 0 aromatic heterocycles. The van der Waals surface area contributed by atoms with Crippen LogP contribution in [0.4, 0.5) is 17.1 Å². The Morgan fingerprint density at radius 3 is 1.73 bits per heavy atom. The van der Waals surface area contributed by atoms with E-state index in [1.54, 1.807) is 0 Å². The number of nitrogens with zero attached hydrogens (tertiary/aromatic N) is 1. The van der Waals surface area contributed by atoms with Gasteiger partial charge in [0.2, 0.25) is 0 Å². The van der Waals surface area contributed by atoms with Crippen LogP contribution in [0.5, 0.6) is 0 Å². The van der Waals surface area contributed by atoms with E-state index < -0.39 is 0 Å². The van der Waals surface area contributed by atoms with E-state index in [-0.39, 0.29) is 5.41 Å². The number of anilines is 3. The molecule has 1 nitrogen and oxygen atoms in total. The highest BCUT2D eigenvalue weighted by Crippen LogP contribution is 2.52. The van der Waals surface area contributed by atoms with Gasteiger partial charge in [-0.15, -0.1) is 0 Å². The minimum atomic E-state index is -0.0708. The fraction of sp³-hybridized carbons (Fsp3) is 0.0508. The molecule has 0 fully saturated rings. The molecule has 1 aliphatic carbocycles. The summed E-state index contributed by atoms with van der Waals surface area (Å²) in [4.78, 5) is 2.49. The molecule has 11 aromatic carbocycles. The lowest BCUT2D eigenvalue weighted by Gasteiger charge is -2.30. The van der Waals surface area contributed by atoms with Crippen LogP contribution in [0.3, 0.4) is 0 Å². The molecule has 1 aliphatic rings. The van der Waals surface area contributed by atoms with Crippen LogP contribution >= 0.6 is 0 Å². The van der Waals surface area contributed by atoms with Crippen molar-refractivity contribution in [3.63, 3.8) is 0 Å². The highest BCUT2D eigenvalue weighted by Gasteiger charge is 2.35. The van der Waals surface area contributed by atoms with Crippen LogP contribution in [-0.4, -0.2) is 0 Å². The van der Waals surface area contributed by atoms with E-state index in [9.17, 15) is 0 Å². The molecule has 0 amide bonds. The van der Waals surface area contributed by atoms with E-state index in [0.29, 0.717) is 0 Å². The number of benzene rings is 11. The van der Waals surface area contributed by atoms with Gasteiger partial charge in [0.05, 0.1) is 11.4 Å². The Morgan fingerprint density at radius 1 is 0.317 bits per heavy atom. The van der Waals surface area contributed by atoms with Gasteiger partial charge in [-0.25, -0.2) is 0 Å². The summed E-state index contributed by atoms with van der Waals surface area (Å²) < 4.78 is 0. The molecular formula is C59H41N. The summed E-state index contributed by atoms with van der Waals surface area (Å²) in [7, 11) is 0. The number of para-hydroxylation sites is 1. The molecule has 0 atom stereocenters. The maximum absolute atomic E-state index is 2.49. The zero-order valence-electron chi connectivity index (χ0n) is 33.7. The van der Waals surface area contributed by atoms with Gasteiger partial charge in [0.1, 0.15) is 0 Å². The molecule has 282 valence electrons. The average Bonchev–Trinajstić information content (AvgIpc) is 3.54. The molecule has 1 heteroatoms. The van der Waals surface area contributed by atoms with Gasteiger partial charge in [-0.3, -0.25) is 0 Å². The van der Waals surface area contributed by atoms with Gasteiger partial charge < -0.3 is 4.90 Å².